The van der Waals surface area contributed by atoms with Crippen LogP contribution in [0.15, 0.2) is 191 Å². The van der Waals surface area contributed by atoms with Crippen molar-refractivity contribution in [1.82, 2.24) is 9.97 Å². The van der Waals surface area contributed by atoms with Crippen molar-refractivity contribution in [3.05, 3.63) is 182 Å². The van der Waals surface area contributed by atoms with E-state index in [-0.39, 0.29) is 0 Å². The van der Waals surface area contributed by atoms with Crippen molar-refractivity contribution >= 4 is 44.1 Å². The Morgan fingerprint density at radius 2 is 0.714 bits per heavy atom. The first-order valence-corrected chi connectivity index (χ1v) is 18.9. The second kappa shape index (κ2) is 12.0. The van der Waals surface area contributed by atoms with Crippen LogP contribution in [-0.4, -0.2) is 9.97 Å². The summed E-state index contributed by atoms with van der Waals surface area (Å²) in [7, 11) is 0. The number of benzene rings is 7. The van der Waals surface area contributed by atoms with Gasteiger partial charge >= 0.3 is 0 Å². The monoisotopic (exact) mass is 714 g/mol. The highest BCUT2D eigenvalue weighted by molar-refractivity contribution is 6.09. The van der Waals surface area contributed by atoms with E-state index in [4.69, 9.17) is 18.8 Å². The fourth-order valence-electron chi connectivity index (χ4n) is 8.82. The largest absolute Gasteiger partial charge is 0.454 e. The number of hydrogen-bond acceptors (Lipinski definition) is 4. The maximum absolute atomic E-state index is 6.19. The van der Waals surface area contributed by atoms with E-state index < -0.39 is 0 Å². The van der Waals surface area contributed by atoms with Crippen LogP contribution in [0.3, 0.4) is 0 Å². The van der Waals surface area contributed by atoms with E-state index in [9.17, 15) is 0 Å². The Morgan fingerprint density at radius 3 is 1.25 bits per heavy atom. The number of rotatable bonds is 3. The Hall–Kier alpha value is -7.56. The molecule has 4 aromatic heterocycles. The van der Waals surface area contributed by atoms with Crippen LogP contribution >= 0.6 is 0 Å². The Kier molecular flexibility index (Phi) is 6.60. The molecule has 0 amide bonds. The molecule has 0 atom stereocenters. The number of fused-ring (bicyclic) bond motifs is 14. The van der Waals surface area contributed by atoms with E-state index in [1.807, 2.05) is 36.7 Å². The van der Waals surface area contributed by atoms with Crippen molar-refractivity contribution in [2.24, 2.45) is 0 Å². The fourth-order valence-corrected chi connectivity index (χ4v) is 8.82. The molecule has 0 bridgehead atoms. The number of nitrogens with zero attached hydrogens (tertiary/aromatic N) is 2. The highest BCUT2D eigenvalue weighted by Gasteiger charge is 2.24. The van der Waals surface area contributed by atoms with Crippen LogP contribution < -0.4 is 0 Å². The number of furan rings is 2. The van der Waals surface area contributed by atoms with Crippen LogP contribution in [0.4, 0.5) is 0 Å². The predicted octanol–water partition coefficient (Wildman–Crippen LogP) is 14.3. The molecular weight excluding hydrogens is 685 g/mol. The van der Waals surface area contributed by atoms with Crippen LogP contribution in [0.1, 0.15) is 0 Å². The SMILES string of the molecule is c1ccc2c(c1)-c1ccccc1-c1cccc(-c3cc(-c4ccc5oc6cccnc6c5c4)cc(-c4ccc5oc6cccnc6c5c4)c3)c1-c1ccccc1-2. The summed E-state index contributed by atoms with van der Waals surface area (Å²) in [5.74, 6) is 0. The Balaban J connectivity index is 1.15. The van der Waals surface area contributed by atoms with Crippen LogP contribution in [0.25, 0.3) is 122 Å². The van der Waals surface area contributed by atoms with Crippen molar-refractivity contribution in [2.75, 3.05) is 0 Å². The molecule has 4 heteroatoms. The Bertz CT molecular complexity index is 3250. The molecular formula is C52H30N2O2. The van der Waals surface area contributed by atoms with Crippen molar-refractivity contribution in [3.63, 3.8) is 0 Å². The first kappa shape index (κ1) is 30.9. The first-order valence-electron chi connectivity index (χ1n) is 18.9. The molecule has 0 radical (unpaired) electrons. The lowest BCUT2D eigenvalue weighted by atomic mass is 9.78. The molecule has 7 aromatic carbocycles. The zero-order chi connectivity index (χ0) is 36.7. The standard InChI is InChI=1S/C52H30N2O2/c1-2-11-38-37(10-1)39-12-3-4-13-41(39)43-17-7-16-36(50(43)42-15-6-5-14-40(38)42)35-27-33(31-20-22-46-44(29-31)51-48(55-46)18-8-24-53-51)26-34(28-35)32-21-23-47-45(30-32)52-49(56-47)19-9-25-54-52/h1-30H. The summed E-state index contributed by atoms with van der Waals surface area (Å²) >= 11 is 0. The quantitative estimate of drug-likeness (QED) is 0.183. The van der Waals surface area contributed by atoms with Gasteiger partial charge in [0.15, 0.2) is 11.2 Å². The highest BCUT2D eigenvalue weighted by atomic mass is 16.3. The lowest BCUT2D eigenvalue weighted by Crippen LogP contribution is -1.99. The van der Waals surface area contributed by atoms with Crippen LogP contribution in [0, 0.1) is 0 Å². The van der Waals surface area contributed by atoms with Gasteiger partial charge in [0.2, 0.25) is 0 Å². The second-order valence-electron chi connectivity index (χ2n) is 14.5. The highest BCUT2D eigenvalue weighted by Crippen LogP contribution is 2.51. The van der Waals surface area contributed by atoms with Gasteiger partial charge in [-0.3, -0.25) is 9.97 Å². The van der Waals surface area contributed by atoms with E-state index >= 15 is 0 Å². The summed E-state index contributed by atoms with van der Waals surface area (Å²) in [6.45, 7) is 0. The average Bonchev–Trinajstić information content (AvgIpc) is 3.83. The molecule has 0 aliphatic heterocycles. The van der Waals surface area contributed by atoms with Gasteiger partial charge in [0, 0.05) is 23.2 Å². The van der Waals surface area contributed by atoms with Gasteiger partial charge in [0.1, 0.15) is 22.2 Å². The molecule has 1 aliphatic carbocycles. The maximum atomic E-state index is 6.19. The van der Waals surface area contributed by atoms with E-state index in [1.54, 1.807) is 0 Å². The summed E-state index contributed by atoms with van der Waals surface area (Å²) in [4.78, 5) is 9.39. The summed E-state index contributed by atoms with van der Waals surface area (Å²) < 4.78 is 12.4. The first-order chi connectivity index (χ1) is 27.7. The van der Waals surface area contributed by atoms with E-state index in [0.717, 1.165) is 72.0 Å². The summed E-state index contributed by atoms with van der Waals surface area (Å²) in [6.07, 6.45) is 3.65. The van der Waals surface area contributed by atoms with Crippen molar-refractivity contribution < 1.29 is 8.83 Å². The molecule has 1 aliphatic rings. The van der Waals surface area contributed by atoms with Gasteiger partial charge in [-0.05, 0) is 145 Å². The van der Waals surface area contributed by atoms with Crippen LogP contribution in [0.5, 0.6) is 0 Å². The van der Waals surface area contributed by atoms with Gasteiger partial charge in [0.25, 0.3) is 0 Å². The smallest absolute Gasteiger partial charge is 0.153 e. The topological polar surface area (TPSA) is 52.1 Å². The Morgan fingerprint density at radius 1 is 0.286 bits per heavy atom. The summed E-state index contributed by atoms with van der Waals surface area (Å²) in [5.41, 5.74) is 21.4. The lowest BCUT2D eigenvalue weighted by molar-refractivity contribution is 0.668. The number of hydrogen-bond donors (Lipinski definition) is 0. The molecule has 0 saturated heterocycles. The minimum atomic E-state index is 0.784. The number of aromatic nitrogens is 2. The molecule has 260 valence electrons. The minimum absolute atomic E-state index is 0.784. The molecule has 11 aromatic rings. The molecule has 4 heterocycles. The molecule has 0 unspecified atom stereocenters. The Labute approximate surface area is 322 Å². The number of pyridine rings is 2. The third kappa shape index (κ3) is 4.66. The van der Waals surface area contributed by atoms with E-state index in [0.29, 0.717) is 0 Å². The molecule has 12 rings (SSSR count). The molecule has 0 fully saturated rings. The van der Waals surface area contributed by atoms with E-state index in [1.165, 1.54) is 50.1 Å². The van der Waals surface area contributed by atoms with Crippen molar-refractivity contribution in [1.29, 1.82) is 0 Å². The predicted molar refractivity (Wildman–Crippen MR) is 228 cm³/mol. The normalized spacial score (nSPS) is 11.9. The van der Waals surface area contributed by atoms with Gasteiger partial charge in [0.05, 0.1) is 0 Å². The van der Waals surface area contributed by atoms with Crippen molar-refractivity contribution in [2.45, 2.75) is 0 Å². The minimum Gasteiger partial charge on any atom is -0.454 e. The third-order valence-corrected chi connectivity index (χ3v) is 11.3. The van der Waals surface area contributed by atoms with Crippen LogP contribution in [-0.2, 0) is 0 Å². The van der Waals surface area contributed by atoms with Crippen LogP contribution in [0.2, 0.25) is 0 Å². The maximum Gasteiger partial charge on any atom is 0.153 e. The second-order valence-corrected chi connectivity index (χ2v) is 14.5. The van der Waals surface area contributed by atoms with Gasteiger partial charge in [-0.1, -0.05) is 103 Å². The fraction of sp³-hybridized carbons (Fsp3) is 0. The van der Waals surface area contributed by atoms with Crippen molar-refractivity contribution in [3.8, 4) is 77.9 Å². The van der Waals surface area contributed by atoms with E-state index in [2.05, 4.69) is 146 Å². The van der Waals surface area contributed by atoms with Gasteiger partial charge in [-0.2, -0.15) is 0 Å². The summed E-state index contributed by atoms with van der Waals surface area (Å²) in [5, 5.41) is 1.99. The zero-order valence-electron chi connectivity index (χ0n) is 30.0. The lowest BCUT2D eigenvalue weighted by Gasteiger charge is -2.25. The molecule has 0 saturated carbocycles. The molecule has 4 nitrogen and oxygen atoms in total. The van der Waals surface area contributed by atoms with Gasteiger partial charge in [-0.25, -0.2) is 0 Å². The molecule has 56 heavy (non-hydrogen) atoms. The average molecular weight is 715 g/mol. The van der Waals surface area contributed by atoms with Gasteiger partial charge < -0.3 is 8.83 Å². The third-order valence-electron chi connectivity index (χ3n) is 11.3. The van der Waals surface area contributed by atoms with Gasteiger partial charge in [-0.15, -0.1) is 0 Å². The summed E-state index contributed by atoms with van der Waals surface area (Å²) in [6, 6.07) is 60.9. The molecule has 0 spiro atoms. The molecule has 0 N–H and O–H groups in total. The zero-order valence-corrected chi connectivity index (χ0v) is 30.0.